The van der Waals surface area contributed by atoms with Crippen molar-refractivity contribution in [2.75, 3.05) is 5.32 Å². The molecule has 0 radical (unpaired) electrons. The predicted molar refractivity (Wildman–Crippen MR) is 59.7 cm³/mol. The average Bonchev–Trinajstić information content (AvgIpc) is 2.85. The number of carbonyl (C=O) groups is 1. The van der Waals surface area contributed by atoms with E-state index in [0.717, 1.165) is 6.26 Å². The van der Waals surface area contributed by atoms with E-state index >= 15 is 0 Å². The third-order valence-corrected chi connectivity index (χ3v) is 2.26. The largest absolute Gasteiger partial charge is 0.472 e. The standard InChI is InChI=1S/C11H6F2N2O4/c12-7-3-8(13)10(15(17)18)4-9(7)14-11(16)6-1-2-19-5-6/h1-5H,(H,14,16). The number of furan rings is 1. The molecule has 0 saturated carbocycles. The van der Waals surface area contributed by atoms with Gasteiger partial charge in [0.05, 0.1) is 22.4 Å². The molecule has 0 saturated heterocycles. The SMILES string of the molecule is O=C(Nc1cc([N+](=O)[O-])c(F)cc1F)c1ccoc1. The second kappa shape index (κ2) is 4.84. The molecule has 2 aromatic rings. The highest BCUT2D eigenvalue weighted by Gasteiger charge is 2.20. The molecule has 98 valence electrons. The van der Waals surface area contributed by atoms with Crippen LogP contribution in [0, 0.1) is 21.7 Å². The first kappa shape index (κ1) is 12.7. The third-order valence-electron chi connectivity index (χ3n) is 2.26. The second-order valence-electron chi connectivity index (χ2n) is 3.51. The minimum Gasteiger partial charge on any atom is -0.472 e. The Morgan fingerprint density at radius 1 is 1.32 bits per heavy atom. The van der Waals surface area contributed by atoms with E-state index in [9.17, 15) is 23.7 Å². The maximum absolute atomic E-state index is 13.4. The number of hydrogen-bond donors (Lipinski definition) is 1. The number of amides is 1. The van der Waals surface area contributed by atoms with Gasteiger partial charge in [0.1, 0.15) is 12.1 Å². The van der Waals surface area contributed by atoms with Crippen molar-refractivity contribution < 1.29 is 22.9 Å². The van der Waals surface area contributed by atoms with Crippen LogP contribution in [0.3, 0.4) is 0 Å². The van der Waals surface area contributed by atoms with E-state index in [1.165, 1.54) is 12.3 Å². The van der Waals surface area contributed by atoms with Crippen molar-refractivity contribution in [2.45, 2.75) is 0 Å². The molecular formula is C11H6F2N2O4. The van der Waals surface area contributed by atoms with Crippen molar-refractivity contribution in [2.24, 2.45) is 0 Å². The third kappa shape index (κ3) is 2.57. The Labute approximate surface area is 104 Å². The highest BCUT2D eigenvalue weighted by Crippen LogP contribution is 2.25. The molecule has 1 aromatic carbocycles. The number of nitrogens with one attached hydrogen (secondary N) is 1. The average molecular weight is 268 g/mol. The van der Waals surface area contributed by atoms with E-state index in [2.05, 4.69) is 9.73 Å². The maximum Gasteiger partial charge on any atom is 0.307 e. The predicted octanol–water partition coefficient (Wildman–Crippen LogP) is 2.72. The summed E-state index contributed by atoms with van der Waals surface area (Å²) in [4.78, 5) is 21.1. The Balaban J connectivity index is 2.32. The topological polar surface area (TPSA) is 85.4 Å². The van der Waals surface area contributed by atoms with Crippen LogP contribution in [0.1, 0.15) is 10.4 Å². The van der Waals surface area contributed by atoms with Crippen LogP contribution in [-0.2, 0) is 0 Å². The number of nitrogens with zero attached hydrogens (tertiary/aromatic N) is 1. The van der Waals surface area contributed by atoms with Gasteiger partial charge in [0.25, 0.3) is 5.91 Å². The lowest BCUT2D eigenvalue weighted by Gasteiger charge is -2.05. The highest BCUT2D eigenvalue weighted by atomic mass is 19.1. The molecular weight excluding hydrogens is 262 g/mol. The van der Waals surface area contributed by atoms with Crippen LogP contribution in [0.2, 0.25) is 0 Å². The number of anilines is 1. The molecule has 0 fully saturated rings. The molecule has 6 nitrogen and oxygen atoms in total. The van der Waals surface area contributed by atoms with Gasteiger partial charge in [-0.2, -0.15) is 4.39 Å². The van der Waals surface area contributed by atoms with Gasteiger partial charge >= 0.3 is 5.69 Å². The van der Waals surface area contributed by atoms with Gasteiger partial charge in [0.15, 0.2) is 0 Å². The van der Waals surface area contributed by atoms with Gasteiger partial charge in [-0.3, -0.25) is 14.9 Å². The van der Waals surface area contributed by atoms with Crippen LogP contribution in [0.5, 0.6) is 0 Å². The summed E-state index contributed by atoms with van der Waals surface area (Å²) in [5.41, 5.74) is -1.31. The minimum absolute atomic E-state index is 0.103. The molecule has 1 aromatic heterocycles. The van der Waals surface area contributed by atoms with Gasteiger partial charge in [-0.05, 0) is 6.07 Å². The number of halogens is 2. The fraction of sp³-hybridized carbons (Fsp3) is 0. The van der Waals surface area contributed by atoms with E-state index < -0.39 is 33.8 Å². The first-order chi connectivity index (χ1) is 8.99. The number of carbonyl (C=O) groups excluding carboxylic acids is 1. The lowest BCUT2D eigenvalue weighted by molar-refractivity contribution is -0.387. The Kier molecular flexibility index (Phi) is 3.23. The molecule has 2 rings (SSSR count). The van der Waals surface area contributed by atoms with Crippen molar-refractivity contribution in [1.82, 2.24) is 0 Å². The van der Waals surface area contributed by atoms with Crippen molar-refractivity contribution >= 4 is 17.3 Å². The smallest absolute Gasteiger partial charge is 0.307 e. The number of benzene rings is 1. The molecule has 0 bridgehead atoms. The normalized spacial score (nSPS) is 10.2. The summed E-state index contributed by atoms with van der Waals surface area (Å²) < 4.78 is 31.1. The molecule has 1 amide bonds. The van der Waals surface area contributed by atoms with Crippen LogP contribution < -0.4 is 5.32 Å². The van der Waals surface area contributed by atoms with E-state index in [-0.39, 0.29) is 5.56 Å². The second-order valence-corrected chi connectivity index (χ2v) is 3.51. The summed E-state index contributed by atoms with van der Waals surface area (Å²) in [5.74, 6) is -3.16. The lowest BCUT2D eigenvalue weighted by Crippen LogP contribution is -2.12. The zero-order valence-electron chi connectivity index (χ0n) is 9.22. The molecule has 1 heterocycles. The number of nitro benzene ring substituents is 1. The van der Waals surface area contributed by atoms with E-state index in [1.54, 1.807) is 0 Å². The Bertz CT molecular complexity index is 640. The van der Waals surface area contributed by atoms with Gasteiger partial charge in [0.2, 0.25) is 5.82 Å². The van der Waals surface area contributed by atoms with E-state index in [1.807, 2.05) is 0 Å². The molecule has 8 heteroatoms. The van der Waals surface area contributed by atoms with Crippen LogP contribution in [0.25, 0.3) is 0 Å². The van der Waals surface area contributed by atoms with Crippen molar-refractivity contribution in [3.63, 3.8) is 0 Å². The van der Waals surface area contributed by atoms with Crippen LogP contribution in [-0.4, -0.2) is 10.8 Å². The zero-order chi connectivity index (χ0) is 14.0. The highest BCUT2D eigenvalue weighted by molar-refractivity contribution is 6.04. The van der Waals surface area contributed by atoms with Crippen molar-refractivity contribution in [1.29, 1.82) is 0 Å². The van der Waals surface area contributed by atoms with Gasteiger partial charge in [-0.1, -0.05) is 0 Å². The Morgan fingerprint density at radius 2 is 2.05 bits per heavy atom. The molecule has 0 aliphatic heterocycles. The van der Waals surface area contributed by atoms with Gasteiger partial charge in [0, 0.05) is 12.1 Å². The molecule has 0 atom stereocenters. The zero-order valence-corrected chi connectivity index (χ0v) is 9.22. The fourth-order valence-electron chi connectivity index (χ4n) is 1.36. The van der Waals surface area contributed by atoms with Crippen molar-refractivity contribution in [3.05, 3.63) is 58.0 Å². The summed E-state index contributed by atoms with van der Waals surface area (Å²) >= 11 is 0. The first-order valence-electron chi connectivity index (χ1n) is 4.96. The first-order valence-corrected chi connectivity index (χ1v) is 4.96. The quantitative estimate of drug-likeness (QED) is 0.685. The molecule has 0 unspecified atom stereocenters. The summed E-state index contributed by atoms with van der Waals surface area (Å²) in [6.45, 7) is 0. The van der Waals surface area contributed by atoms with Gasteiger partial charge in [-0.25, -0.2) is 4.39 Å². The van der Waals surface area contributed by atoms with E-state index in [4.69, 9.17) is 0 Å². The summed E-state index contributed by atoms with van der Waals surface area (Å²) in [5, 5.41) is 12.6. The summed E-state index contributed by atoms with van der Waals surface area (Å²) in [6, 6.07) is 2.27. The molecule has 1 N–H and O–H groups in total. The van der Waals surface area contributed by atoms with Crippen LogP contribution >= 0.6 is 0 Å². The molecule has 0 aliphatic rings. The maximum atomic E-state index is 13.4. The molecule has 19 heavy (non-hydrogen) atoms. The van der Waals surface area contributed by atoms with Gasteiger partial charge in [-0.15, -0.1) is 0 Å². The van der Waals surface area contributed by atoms with Crippen LogP contribution in [0.15, 0.2) is 35.1 Å². The minimum atomic E-state index is -1.32. The number of nitro groups is 1. The molecule has 0 aliphatic carbocycles. The molecule has 0 spiro atoms. The lowest BCUT2D eigenvalue weighted by atomic mass is 10.2. The summed E-state index contributed by atoms with van der Waals surface area (Å²) in [7, 11) is 0. The number of rotatable bonds is 3. The Morgan fingerprint density at radius 3 is 2.63 bits per heavy atom. The number of hydrogen-bond acceptors (Lipinski definition) is 4. The van der Waals surface area contributed by atoms with Gasteiger partial charge < -0.3 is 9.73 Å². The van der Waals surface area contributed by atoms with E-state index in [0.29, 0.717) is 12.1 Å². The van der Waals surface area contributed by atoms with Crippen LogP contribution in [0.4, 0.5) is 20.2 Å². The summed E-state index contributed by atoms with van der Waals surface area (Å²) in [6.07, 6.45) is 2.35. The monoisotopic (exact) mass is 268 g/mol. The fourth-order valence-corrected chi connectivity index (χ4v) is 1.36. The Hall–Kier alpha value is -2.77. The van der Waals surface area contributed by atoms with Crippen molar-refractivity contribution in [3.8, 4) is 0 Å².